The third kappa shape index (κ3) is 8.23. The number of amides is 1. The van der Waals surface area contributed by atoms with Gasteiger partial charge in [-0.15, -0.1) is 35.3 Å². The van der Waals surface area contributed by atoms with Crippen LogP contribution in [0.4, 0.5) is 0 Å². The molecule has 1 aromatic rings. The molecule has 0 aromatic carbocycles. The van der Waals surface area contributed by atoms with Crippen LogP contribution < -0.4 is 16.0 Å². The highest BCUT2D eigenvalue weighted by atomic mass is 127. The number of rotatable bonds is 7. The fourth-order valence-corrected chi connectivity index (χ4v) is 4.48. The van der Waals surface area contributed by atoms with Crippen molar-refractivity contribution >= 4 is 47.2 Å². The van der Waals surface area contributed by atoms with Gasteiger partial charge in [0.25, 0.3) is 0 Å². The van der Waals surface area contributed by atoms with Crippen LogP contribution in [0.15, 0.2) is 4.99 Å². The predicted octanol–water partition coefficient (Wildman–Crippen LogP) is 3.56. The molecule has 0 radical (unpaired) electrons. The lowest BCUT2D eigenvalue weighted by atomic mass is 9.85. The number of aryl methyl sites for hydroxylation is 2. The lowest BCUT2D eigenvalue weighted by Gasteiger charge is -2.30. The topological polar surface area (TPSA) is 78.4 Å². The van der Waals surface area contributed by atoms with Gasteiger partial charge in [-0.25, -0.2) is 4.98 Å². The van der Waals surface area contributed by atoms with Gasteiger partial charge in [-0.1, -0.05) is 6.42 Å². The van der Waals surface area contributed by atoms with E-state index in [1.165, 1.54) is 4.88 Å². The second kappa shape index (κ2) is 12.6. The molecular formula is C20H36IN5OS. The van der Waals surface area contributed by atoms with Gasteiger partial charge in [0, 0.05) is 42.4 Å². The zero-order valence-electron chi connectivity index (χ0n) is 17.8. The van der Waals surface area contributed by atoms with Crippen LogP contribution in [-0.4, -0.2) is 42.0 Å². The fraction of sp³-hybridized carbons (Fsp3) is 0.750. The summed E-state index contributed by atoms with van der Waals surface area (Å²) in [5, 5.41) is 11.1. The Kier molecular flexibility index (Phi) is 11.3. The van der Waals surface area contributed by atoms with E-state index in [0.717, 1.165) is 61.9 Å². The molecule has 2 atom stereocenters. The van der Waals surface area contributed by atoms with Crippen LogP contribution in [0.5, 0.6) is 0 Å². The molecule has 1 aliphatic rings. The van der Waals surface area contributed by atoms with Crippen LogP contribution in [0, 0.1) is 19.8 Å². The molecule has 1 heterocycles. The highest BCUT2D eigenvalue weighted by Crippen LogP contribution is 2.24. The summed E-state index contributed by atoms with van der Waals surface area (Å²) >= 11 is 1.76. The average Bonchev–Trinajstić information content (AvgIpc) is 2.92. The van der Waals surface area contributed by atoms with E-state index in [4.69, 9.17) is 4.99 Å². The number of hydrogen-bond donors (Lipinski definition) is 3. The number of halogens is 1. The third-order valence-electron chi connectivity index (χ3n) is 4.77. The number of carbonyl (C=O) groups is 1. The van der Waals surface area contributed by atoms with Gasteiger partial charge in [-0.2, -0.15) is 0 Å². The number of nitrogens with one attached hydrogen (secondary N) is 3. The van der Waals surface area contributed by atoms with Crippen molar-refractivity contribution in [3.05, 3.63) is 15.6 Å². The van der Waals surface area contributed by atoms with Crippen molar-refractivity contribution in [3.63, 3.8) is 0 Å². The molecule has 0 saturated heterocycles. The van der Waals surface area contributed by atoms with Crippen LogP contribution in [0.1, 0.15) is 62.0 Å². The Bertz CT molecular complexity index is 647. The van der Waals surface area contributed by atoms with E-state index in [0.29, 0.717) is 6.04 Å². The minimum atomic E-state index is 0. The van der Waals surface area contributed by atoms with Crippen LogP contribution in [0.2, 0.25) is 0 Å². The zero-order valence-corrected chi connectivity index (χ0v) is 20.9. The van der Waals surface area contributed by atoms with Crippen molar-refractivity contribution < 1.29 is 4.79 Å². The highest BCUT2D eigenvalue weighted by molar-refractivity contribution is 14.0. The van der Waals surface area contributed by atoms with Crippen LogP contribution >= 0.6 is 35.3 Å². The molecule has 160 valence electrons. The van der Waals surface area contributed by atoms with E-state index in [9.17, 15) is 4.79 Å². The first-order valence-corrected chi connectivity index (χ1v) is 11.0. The van der Waals surface area contributed by atoms with Crippen molar-refractivity contribution in [2.24, 2.45) is 10.9 Å². The Morgan fingerprint density at radius 2 is 2.07 bits per heavy atom. The molecule has 6 nitrogen and oxygen atoms in total. The lowest BCUT2D eigenvalue weighted by Crippen LogP contribution is -2.47. The summed E-state index contributed by atoms with van der Waals surface area (Å²) in [5.41, 5.74) is 1.12. The molecule has 2 unspecified atom stereocenters. The van der Waals surface area contributed by atoms with E-state index in [1.807, 2.05) is 20.8 Å². The maximum atomic E-state index is 12.3. The molecule has 28 heavy (non-hydrogen) atoms. The Balaban J connectivity index is 0.00000392. The highest BCUT2D eigenvalue weighted by Gasteiger charge is 2.28. The van der Waals surface area contributed by atoms with Gasteiger partial charge in [-0.05, 0) is 53.9 Å². The first kappa shape index (κ1) is 25.1. The van der Waals surface area contributed by atoms with Crippen LogP contribution in [0.25, 0.3) is 0 Å². The smallest absolute Gasteiger partial charge is 0.223 e. The summed E-state index contributed by atoms with van der Waals surface area (Å²) in [5.74, 6) is 1.14. The molecule has 0 aliphatic heterocycles. The van der Waals surface area contributed by atoms with Gasteiger partial charge in [0.1, 0.15) is 0 Å². The van der Waals surface area contributed by atoms with Crippen molar-refractivity contribution in [2.75, 3.05) is 13.1 Å². The minimum absolute atomic E-state index is 0. The standard InChI is InChI=1S/C20H35N5OS.HI/c1-6-21-20(22-11-10-18-14(4)24-15(5)27-18)25-17-9-7-8-16(12-17)19(26)23-13(2)3;/h13,16-17H,6-12H2,1-5H3,(H,23,26)(H2,21,22,25);1H. The van der Waals surface area contributed by atoms with Gasteiger partial charge in [0.2, 0.25) is 5.91 Å². The van der Waals surface area contributed by atoms with Gasteiger partial charge >= 0.3 is 0 Å². The minimum Gasteiger partial charge on any atom is -0.357 e. The third-order valence-corrected chi connectivity index (χ3v) is 5.90. The average molecular weight is 522 g/mol. The summed E-state index contributed by atoms with van der Waals surface area (Å²) < 4.78 is 0. The Hall–Kier alpha value is -0.900. The number of guanidine groups is 1. The first-order valence-electron chi connectivity index (χ1n) is 10.2. The zero-order chi connectivity index (χ0) is 19.8. The van der Waals surface area contributed by atoms with Crippen molar-refractivity contribution in [3.8, 4) is 0 Å². The van der Waals surface area contributed by atoms with E-state index >= 15 is 0 Å². The largest absolute Gasteiger partial charge is 0.357 e. The number of aliphatic imine (C=N–C) groups is 1. The van der Waals surface area contributed by atoms with E-state index < -0.39 is 0 Å². The summed E-state index contributed by atoms with van der Waals surface area (Å²) in [6.07, 6.45) is 4.93. The van der Waals surface area contributed by atoms with Crippen LogP contribution in [-0.2, 0) is 11.2 Å². The lowest BCUT2D eigenvalue weighted by molar-refractivity contribution is -0.126. The maximum absolute atomic E-state index is 12.3. The second-order valence-electron chi connectivity index (χ2n) is 7.62. The summed E-state index contributed by atoms with van der Waals surface area (Å²) in [7, 11) is 0. The Morgan fingerprint density at radius 1 is 1.32 bits per heavy atom. The van der Waals surface area contributed by atoms with Crippen LogP contribution in [0.3, 0.4) is 0 Å². The number of nitrogens with zero attached hydrogens (tertiary/aromatic N) is 2. The number of hydrogen-bond acceptors (Lipinski definition) is 4. The van der Waals surface area contributed by atoms with Gasteiger partial charge in [0.15, 0.2) is 5.96 Å². The molecule has 0 spiro atoms. The molecule has 0 bridgehead atoms. The molecule has 1 amide bonds. The number of aromatic nitrogens is 1. The van der Waals surface area contributed by atoms with Gasteiger partial charge in [-0.3, -0.25) is 9.79 Å². The Morgan fingerprint density at radius 3 is 2.68 bits per heavy atom. The maximum Gasteiger partial charge on any atom is 0.223 e. The normalized spacial score (nSPS) is 19.9. The molecule has 1 saturated carbocycles. The van der Waals surface area contributed by atoms with Gasteiger partial charge in [0.05, 0.1) is 10.7 Å². The number of carbonyl (C=O) groups excluding carboxylic acids is 1. The van der Waals surface area contributed by atoms with Crippen molar-refractivity contribution in [1.82, 2.24) is 20.9 Å². The van der Waals surface area contributed by atoms with Gasteiger partial charge < -0.3 is 16.0 Å². The van der Waals surface area contributed by atoms with Crippen molar-refractivity contribution in [1.29, 1.82) is 0 Å². The molecule has 1 aliphatic carbocycles. The van der Waals surface area contributed by atoms with E-state index in [-0.39, 0.29) is 41.8 Å². The monoisotopic (exact) mass is 521 g/mol. The Labute approximate surface area is 190 Å². The SMILES string of the molecule is CCNC(=NCCc1sc(C)nc1C)NC1CCCC(C(=O)NC(C)C)C1.I. The van der Waals surface area contributed by atoms with Crippen molar-refractivity contribution in [2.45, 2.75) is 78.8 Å². The quantitative estimate of drug-likeness (QED) is 0.291. The molecule has 3 N–H and O–H groups in total. The molecule has 8 heteroatoms. The van der Waals surface area contributed by atoms with E-state index in [2.05, 4.69) is 34.8 Å². The molecular weight excluding hydrogens is 485 g/mol. The summed E-state index contributed by atoms with van der Waals surface area (Å²) in [6.45, 7) is 11.8. The summed E-state index contributed by atoms with van der Waals surface area (Å²) in [4.78, 5) is 22.9. The number of thiazole rings is 1. The molecule has 2 rings (SSSR count). The first-order chi connectivity index (χ1) is 12.9. The molecule has 1 aromatic heterocycles. The summed E-state index contributed by atoms with van der Waals surface area (Å²) in [6, 6.07) is 0.496. The van der Waals surface area contributed by atoms with E-state index in [1.54, 1.807) is 11.3 Å². The fourth-order valence-electron chi connectivity index (χ4n) is 3.55. The molecule has 1 fully saturated rings. The second-order valence-corrected chi connectivity index (χ2v) is 8.91. The predicted molar refractivity (Wildman–Crippen MR) is 129 cm³/mol.